The highest BCUT2D eigenvalue weighted by Gasteiger charge is 2.10. The van der Waals surface area contributed by atoms with Gasteiger partial charge in [-0.1, -0.05) is 13.8 Å². The van der Waals surface area contributed by atoms with Gasteiger partial charge in [-0.05, 0) is 12.5 Å². The van der Waals surface area contributed by atoms with Crippen LogP contribution in [0.4, 0.5) is 0 Å². The standard InChI is InChI=1S/C9H21N3O3S/c1-3-12-16(14,15)5-4-11-9(13)6-8(2)7-10/h8,12H,3-7,10H2,1-2H3,(H,11,13). The van der Waals surface area contributed by atoms with Crippen molar-refractivity contribution >= 4 is 15.9 Å². The Labute approximate surface area is 97.0 Å². The Hall–Kier alpha value is -0.660. The lowest BCUT2D eigenvalue weighted by molar-refractivity contribution is -0.121. The largest absolute Gasteiger partial charge is 0.355 e. The molecule has 16 heavy (non-hydrogen) atoms. The zero-order valence-corrected chi connectivity index (χ0v) is 10.6. The molecule has 0 aromatic carbocycles. The number of nitrogens with two attached hydrogens (primary N) is 1. The van der Waals surface area contributed by atoms with Crippen molar-refractivity contribution in [3.63, 3.8) is 0 Å². The fraction of sp³-hybridized carbons (Fsp3) is 0.889. The van der Waals surface area contributed by atoms with Crippen molar-refractivity contribution in [3.05, 3.63) is 0 Å². The third-order valence-electron chi connectivity index (χ3n) is 1.99. The van der Waals surface area contributed by atoms with Gasteiger partial charge in [0.1, 0.15) is 0 Å². The summed E-state index contributed by atoms with van der Waals surface area (Å²) >= 11 is 0. The lowest BCUT2D eigenvalue weighted by Crippen LogP contribution is -2.35. The van der Waals surface area contributed by atoms with Gasteiger partial charge in [0.2, 0.25) is 15.9 Å². The van der Waals surface area contributed by atoms with Crippen molar-refractivity contribution in [1.29, 1.82) is 0 Å². The second-order valence-electron chi connectivity index (χ2n) is 3.71. The van der Waals surface area contributed by atoms with E-state index in [0.717, 1.165) is 0 Å². The zero-order chi connectivity index (χ0) is 12.6. The zero-order valence-electron chi connectivity index (χ0n) is 9.82. The molecular formula is C9H21N3O3S. The molecular weight excluding hydrogens is 230 g/mol. The van der Waals surface area contributed by atoms with E-state index in [9.17, 15) is 13.2 Å². The molecule has 0 aliphatic carbocycles. The molecule has 6 nitrogen and oxygen atoms in total. The SMILES string of the molecule is CCNS(=O)(=O)CCNC(=O)CC(C)CN. The Morgan fingerprint density at radius 3 is 2.56 bits per heavy atom. The monoisotopic (exact) mass is 251 g/mol. The molecule has 0 aromatic heterocycles. The molecule has 1 atom stereocenters. The van der Waals surface area contributed by atoms with Gasteiger partial charge >= 0.3 is 0 Å². The van der Waals surface area contributed by atoms with E-state index in [1.54, 1.807) is 6.92 Å². The van der Waals surface area contributed by atoms with Gasteiger partial charge in [-0.2, -0.15) is 0 Å². The molecule has 0 bridgehead atoms. The number of nitrogens with one attached hydrogen (secondary N) is 2. The highest BCUT2D eigenvalue weighted by Crippen LogP contribution is 1.97. The van der Waals surface area contributed by atoms with Crippen molar-refractivity contribution in [3.8, 4) is 0 Å². The van der Waals surface area contributed by atoms with Gasteiger partial charge in [-0.3, -0.25) is 4.79 Å². The summed E-state index contributed by atoms with van der Waals surface area (Å²) in [5, 5.41) is 2.55. The van der Waals surface area contributed by atoms with E-state index in [0.29, 0.717) is 19.5 Å². The number of carbonyl (C=O) groups excluding carboxylic acids is 1. The molecule has 7 heteroatoms. The number of hydrogen-bond donors (Lipinski definition) is 3. The second-order valence-corrected chi connectivity index (χ2v) is 5.64. The molecule has 0 fully saturated rings. The first kappa shape index (κ1) is 15.3. The van der Waals surface area contributed by atoms with E-state index < -0.39 is 10.0 Å². The normalized spacial score (nSPS) is 13.4. The lowest BCUT2D eigenvalue weighted by atomic mass is 10.1. The van der Waals surface area contributed by atoms with Gasteiger partial charge < -0.3 is 11.1 Å². The molecule has 0 spiro atoms. The van der Waals surface area contributed by atoms with Crippen LogP contribution in [0, 0.1) is 5.92 Å². The molecule has 0 heterocycles. The van der Waals surface area contributed by atoms with Crippen LogP contribution >= 0.6 is 0 Å². The average molecular weight is 251 g/mol. The van der Waals surface area contributed by atoms with E-state index in [2.05, 4.69) is 10.0 Å². The van der Waals surface area contributed by atoms with Crippen LogP contribution in [0.3, 0.4) is 0 Å². The first-order valence-corrected chi connectivity index (χ1v) is 7.00. The van der Waals surface area contributed by atoms with Crippen molar-refractivity contribution in [1.82, 2.24) is 10.0 Å². The van der Waals surface area contributed by atoms with Gasteiger partial charge in [0.05, 0.1) is 5.75 Å². The number of carbonyl (C=O) groups is 1. The lowest BCUT2D eigenvalue weighted by Gasteiger charge is -2.09. The van der Waals surface area contributed by atoms with Crippen LogP contribution in [0.5, 0.6) is 0 Å². The Balaban J connectivity index is 3.78. The summed E-state index contributed by atoms with van der Waals surface area (Å²) in [5.74, 6) is -0.140. The highest BCUT2D eigenvalue weighted by atomic mass is 32.2. The van der Waals surface area contributed by atoms with Crippen molar-refractivity contribution in [2.75, 3.05) is 25.4 Å². The fourth-order valence-electron chi connectivity index (χ4n) is 1.09. The Morgan fingerprint density at radius 1 is 1.44 bits per heavy atom. The topological polar surface area (TPSA) is 101 Å². The molecule has 0 rings (SSSR count). The van der Waals surface area contributed by atoms with Crippen LogP contribution in [-0.2, 0) is 14.8 Å². The molecule has 0 saturated heterocycles. The average Bonchev–Trinajstić information content (AvgIpc) is 2.16. The summed E-state index contributed by atoms with van der Waals surface area (Å²) in [4.78, 5) is 11.3. The summed E-state index contributed by atoms with van der Waals surface area (Å²) in [7, 11) is -3.25. The molecule has 96 valence electrons. The Morgan fingerprint density at radius 2 is 2.06 bits per heavy atom. The summed E-state index contributed by atoms with van der Waals surface area (Å²) in [6, 6.07) is 0. The minimum atomic E-state index is -3.25. The van der Waals surface area contributed by atoms with E-state index in [1.165, 1.54) is 0 Å². The van der Waals surface area contributed by atoms with Crippen LogP contribution in [0.2, 0.25) is 0 Å². The summed E-state index contributed by atoms with van der Waals surface area (Å²) in [6.07, 6.45) is 0.331. The number of amides is 1. The summed E-state index contributed by atoms with van der Waals surface area (Å²) in [6.45, 7) is 4.52. The van der Waals surface area contributed by atoms with Crippen LogP contribution in [0.1, 0.15) is 20.3 Å². The molecule has 1 amide bonds. The van der Waals surface area contributed by atoms with E-state index in [1.807, 2.05) is 6.92 Å². The van der Waals surface area contributed by atoms with Crippen LogP contribution in [-0.4, -0.2) is 39.7 Å². The molecule has 0 saturated carbocycles. The van der Waals surface area contributed by atoms with Crippen molar-refractivity contribution < 1.29 is 13.2 Å². The maximum absolute atomic E-state index is 11.3. The smallest absolute Gasteiger partial charge is 0.220 e. The first-order valence-electron chi connectivity index (χ1n) is 5.35. The molecule has 0 aliphatic rings. The summed E-state index contributed by atoms with van der Waals surface area (Å²) in [5.41, 5.74) is 5.37. The van der Waals surface area contributed by atoms with Crippen molar-refractivity contribution in [2.45, 2.75) is 20.3 Å². The maximum Gasteiger partial charge on any atom is 0.220 e. The third kappa shape index (κ3) is 7.61. The van der Waals surface area contributed by atoms with Gasteiger partial charge in [-0.25, -0.2) is 13.1 Å². The van der Waals surface area contributed by atoms with Crippen LogP contribution in [0.25, 0.3) is 0 Å². The molecule has 1 unspecified atom stereocenters. The van der Waals surface area contributed by atoms with E-state index in [4.69, 9.17) is 5.73 Å². The van der Waals surface area contributed by atoms with Crippen molar-refractivity contribution in [2.24, 2.45) is 11.7 Å². The van der Waals surface area contributed by atoms with Gasteiger partial charge in [-0.15, -0.1) is 0 Å². The van der Waals surface area contributed by atoms with Crippen LogP contribution < -0.4 is 15.8 Å². The second kappa shape index (κ2) is 7.59. The number of hydrogen-bond acceptors (Lipinski definition) is 4. The molecule has 0 aliphatic heterocycles. The first-order chi connectivity index (χ1) is 7.41. The predicted octanol–water partition coefficient (Wildman–Crippen LogP) is -0.973. The quantitative estimate of drug-likeness (QED) is 0.516. The minimum Gasteiger partial charge on any atom is -0.355 e. The number of rotatable bonds is 8. The molecule has 0 radical (unpaired) electrons. The van der Waals surface area contributed by atoms with Crippen LogP contribution in [0.15, 0.2) is 0 Å². The molecule has 4 N–H and O–H groups in total. The Bertz CT molecular complexity index is 303. The fourth-order valence-corrected chi connectivity index (χ4v) is 2.04. The minimum absolute atomic E-state index is 0.0937. The number of sulfonamides is 1. The van der Waals surface area contributed by atoms with Gasteiger partial charge in [0, 0.05) is 19.5 Å². The van der Waals surface area contributed by atoms with E-state index in [-0.39, 0.29) is 24.1 Å². The predicted molar refractivity (Wildman–Crippen MR) is 63.3 cm³/mol. The third-order valence-corrected chi connectivity index (χ3v) is 3.46. The van der Waals surface area contributed by atoms with Gasteiger partial charge in [0.15, 0.2) is 0 Å². The maximum atomic E-state index is 11.3. The molecule has 0 aromatic rings. The van der Waals surface area contributed by atoms with E-state index >= 15 is 0 Å². The highest BCUT2D eigenvalue weighted by molar-refractivity contribution is 7.89. The Kier molecular flexibility index (Phi) is 7.27. The summed E-state index contributed by atoms with van der Waals surface area (Å²) < 4.78 is 24.8. The van der Waals surface area contributed by atoms with Gasteiger partial charge in [0.25, 0.3) is 0 Å².